The van der Waals surface area contributed by atoms with Crippen molar-refractivity contribution in [1.29, 1.82) is 0 Å². The van der Waals surface area contributed by atoms with Gasteiger partial charge >= 0.3 is 0 Å². The number of carbonyl (C=O) groups excluding carboxylic acids is 1. The molecular weight excluding hydrogens is 118 g/mol. The van der Waals surface area contributed by atoms with E-state index in [2.05, 4.69) is 0 Å². The van der Waals surface area contributed by atoms with Gasteiger partial charge in [0.15, 0.2) is 0 Å². The number of hydrogen-bond donors (Lipinski definition) is 1. The van der Waals surface area contributed by atoms with Gasteiger partial charge in [0.2, 0.25) is 6.41 Å². The molecule has 3 nitrogen and oxygen atoms in total. The number of amides is 1. The van der Waals surface area contributed by atoms with Crippen LogP contribution in [0.2, 0.25) is 0 Å². The second kappa shape index (κ2) is 1.29. The fraction of sp³-hybridized carbons (Fsp3) is 0.833. The summed E-state index contributed by atoms with van der Waals surface area (Å²) in [5.74, 6) is 0. The zero-order valence-electron chi connectivity index (χ0n) is 5.08. The van der Waals surface area contributed by atoms with Gasteiger partial charge in [-0.3, -0.25) is 4.79 Å². The molecule has 0 unspecified atom stereocenters. The molecule has 1 saturated carbocycles. The molecule has 3 rings (SSSR count). The van der Waals surface area contributed by atoms with Crippen molar-refractivity contribution in [2.75, 3.05) is 6.54 Å². The Morgan fingerprint density at radius 3 is 2.56 bits per heavy atom. The Balaban J connectivity index is 2.13. The lowest BCUT2D eigenvalue weighted by molar-refractivity contribution is -0.118. The summed E-state index contributed by atoms with van der Waals surface area (Å²) in [7, 11) is 0. The van der Waals surface area contributed by atoms with Gasteiger partial charge in [0, 0.05) is 12.6 Å². The van der Waals surface area contributed by atoms with Gasteiger partial charge in [0.1, 0.15) is 0 Å². The van der Waals surface area contributed by atoms with Crippen LogP contribution in [0.1, 0.15) is 12.8 Å². The van der Waals surface area contributed by atoms with Crippen molar-refractivity contribution >= 4 is 6.41 Å². The van der Waals surface area contributed by atoms with E-state index >= 15 is 0 Å². The largest absolute Gasteiger partial charge is 0.388 e. The maximum atomic E-state index is 10.2. The van der Waals surface area contributed by atoms with Crippen LogP contribution in [0.3, 0.4) is 0 Å². The number of nitrogens with zero attached hydrogens (tertiary/aromatic N) is 1. The van der Waals surface area contributed by atoms with Crippen molar-refractivity contribution in [3.8, 4) is 0 Å². The van der Waals surface area contributed by atoms with Crippen molar-refractivity contribution in [1.82, 2.24) is 4.90 Å². The molecule has 2 bridgehead atoms. The average molecular weight is 127 g/mol. The predicted molar refractivity (Wildman–Crippen MR) is 30.7 cm³/mol. The average Bonchev–Trinajstić information content (AvgIpc) is 2.18. The number of hydrogen-bond acceptors (Lipinski definition) is 2. The van der Waals surface area contributed by atoms with Crippen molar-refractivity contribution in [3.63, 3.8) is 0 Å². The molecule has 2 aliphatic heterocycles. The first-order valence-electron chi connectivity index (χ1n) is 3.17. The van der Waals surface area contributed by atoms with Crippen molar-refractivity contribution in [3.05, 3.63) is 0 Å². The fourth-order valence-electron chi connectivity index (χ4n) is 1.77. The van der Waals surface area contributed by atoms with Crippen LogP contribution >= 0.6 is 0 Å². The van der Waals surface area contributed by atoms with Crippen molar-refractivity contribution < 1.29 is 9.90 Å². The number of rotatable bonds is 1. The van der Waals surface area contributed by atoms with Gasteiger partial charge in [-0.2, -0.15) is 0 Å². The van der Waals surface area contributed by atoms with Crippen LogP contribution in [-0.4, -0.2) is 34.6 Å². The van der Waals surface area contributed by atoms with Gasteiger partial charge in [0.05, 0.1) is 5.60 Å². The Bertz CT molecular complexity index is 151. The van der Waals surface area contributed by atoms with Crippen LogP contribution in [0.15, 0.2) is 0 Å². The predicted octanol–water partition coefficient (Wildman–Crippen LogP) is -0.648. The van der Waals surface area contributed by atoms with E-state index in [4.69, 9.17) is 0 Å². The van der Waals surface area contributed by atoms with E-state index in [0.717, 1.165) is 19.3 Å². The third-order valence-corrected chi connectivity index (χ3v) is 2.31. The molecule has 0 aromatic heterocycles. The van der Waals surface area contributed by atoms with Gasteiger partial charge in [-0.1, -0.05) is 0 Å². The number of aliphatic hydroxyl groups is 1. The standard InChI is InChI=1S/C6H9NO2/c8-4-7-3-6(9)1-5(7)2-6/h4-5,9H,1-3H2. The molecule has 0 aromatic rings. The summed E-state index contributed by atoms with van der Waals surface area (Å²) in [5.41, 5.74) is -0.494. The molecule has 50 valence electrons. The maximum Gasteiger partial charge on any atom is 0.210 e. The summed E-state index contributed by atoms with van der Waals surface area (Å²) in [5, 5.41) is 9.36. The van der Waals surface area contributed by atoms with Gasteiger partial charge in [-0.15, -0.1) is 0 Å². The summed E-state index contributed by atoms with van der Waals surface area (Å²) >= 11 is 0. The molecule has 3 aliphatic rings. The highest BCUT2D eigenvalue weighted by Gasteiger charge is 2.53. The lowest BCUT2D eigenvalue weighted by Crippen LogP contribution is -2.39. The lowest BCUT2D eigenvalue weighted by atomic mass is 9.82. The van der Waals surface area contributed by atoms with E-state index in [1.54, 1.807) is 4.90 Å². The minimum Gasteiger partial charge on any atom is -0.388 e. The van der Waals surface area contributed by atoms with Crippen LogP contribution < -0.4 is 0 Å². The summed E-state index contributed by atoms with van der Waals surface area (Å²) in [6.45, 7) is 0.557. The fourth-order valence-corrected chi connectivity index (χ4v) is 1.77. The van der Waals surface area contributed by atoms with Crippen LogP contribution in [-0.2, 0) is 4.79 Å². The van der Waals surface area contributed by atoms with Crippen molar-refractivity contribution in [2.45, 2.75) is 24.5 Å². The Labute approximate surface area is 53.3 Å². The lowest BCUT2D eigenvalue weighted by Gasteiger charge is -2.30. The first kappa shape index (κ1) is 5.23. The minimum absolute atomic E-state index is 0.354. The SMILES string of the molecule is O=CN1CC2(O)CC1C2. The molecule has 0 atom stereocenters. The van der Waals surface area contributed by atoms with Crippen LogP contribution in [0.5, 0.6) is 0 Å². The van der Waals surface area contributed by atoms with Gasteiger partial charge in [-0.25, -0.2) is 0 Å². The summed E-state index contributed by atoms with van der Waals surface area (Å²) in [6, 6.07) is 0.354. The second-order valence-corrected chi connectivity index (χ2v) is 3.06. The van der Waals surface area contributed by atoms with E-state index < -0.39 is 5.60 Å². The maximum absolute atomic E-state index is 10.2. The molecule has 0 aromatic carbocycles. The molecule has 2 heterocycles. The molecule has 1 amide bonds. The Morgan fingerprint density at radius 1 is 1.67 bits per heavy atom. The highest BCUT2D eigenvalue weighted by Crippen LogP contribution is 2.43. The van der Waals surface area contributed by atoms with E-state index in [9.17, 15) is 9.90 Å². The zero-order chi connectivity index (χ0) is 6.48. The zero-order valence-corrected chi connectivity index (χ0v) is 5.08. The molecule has 2 saturated heterocycles. The van der Waals surface area contributed by atoms with Crippen LogP contribution in [0, 0.1) is 0 Å². The molecule has 0 spiro atoms. The quantitative estimate of drug-likeness (QED) is 0.475. The van der Waals surface area contributed by atoms with Gasteiger partial charge in [0.25, 0.3) is 0 Å². The molecule has 3 heteroatoms. The van der Waals surface area contributed by atoms with Crippen molar-refractivity contribution in [2.24, 2.45) is 0 Å². The molecule has 0 radical (unpaired) electrons. The molecule has 9 heavy (non-hydrogen) atoms. The van der Waals surface area contributed by atoms with E-state index in [-0.39, 0.29) is 0 Å². The summed E-state index contributed by atoms with van der Waals surface area (Å²) < 4.78 is 0. The smallest absolute Gasteiger partial charge is 0.210 e. The first-order valence-corrected chi connectivity index (χ1v) is 3.17. The number of fused-ring (bicyclic) bond motifs is 1. The molecule has 3 fully saturated rings. The topological polar surface area (TPSA) is 40.5 Å². The van der Waals surface area contributed by atoms with E-state index in [0.29, 0.717) is 12.6 Å². The van der Waals surface area contributed by atoms with Crippen LogP contribution in [0.4, 0.5) is 0 Å². The Kier molecular flexibility index (Phi) is 0.750. The Hall–Kier alpha value is -0.570. The van der Waals surface area contributed by atoms with E-state index in [1.807, 2.05) is 0 Å². The minimum atomic E-state index is -0.494. The molecule has 1 aliphatic carbocycles. The normalized spacial score (nSPS) is 46.8. The van der Waals surface area contributed by atoms with Gasteiger partial charge in [-0.05, 0) is 12.8 Å². The highest BCUT2D eigenvalue weighted by atomic mass is 16.3. The highest BCUT2D eigenvalue weighted by molar-refractivity contribution is 5.50. The third-order valence-electron chi connectivity index (χ3n) is 2.31. The summed E-state index contributed by atoms with van der Waals surface area (Å²) in [4.78, 5) is 11.9. The Morgan fingerprint density at radius 2 is 2.33 bits per heavy atom. The number of carbonyl (C=O) groups is 1. The van der Waals surface area contributed by atoms with Crippen LogP contribution in [0.25, 0.3) is 0 Å². The molecular formula is C6H9NO2. The van der Waals surface area contributed by atoms with E-state index in [1.165, 1.54) is 0 Å². The summed E-state index contributed by atoms with van der Waals surface area (Å²) in [6.07, 6.45) is 2.42. The van der Waals surface area contributed by atoms with Gasteiger partial charge < -0.3 is 10.0 Å². The second-order valence-electron chi connectivity index (χ2n) is 3.06. The third kappa shape index (κ3) is 0.525. The molecule has 1 N–H and O–H groups in total. The monoisotopic (exact) mass is 127 g/mol. The first-order chi connectivity index (χ1) is 4.23.